The molecule has 0 saturated heterocycles. The van der Waals surface area contributed by atoms with Crippen LogP contribution in [-0.4, -0.2) is 4.57 Å². The summed E-state index contributed by atoms with van der Waals surface area (Å²) in [6.07, 6.45) is 0. The zero-order chi connectivity index (χ0) is 40.3. The van der Waals surface area contributed by atoms with Gasteiger partial charge >= 0.3 is 0 Å². The van der Waals surface area contributed by atoms with Gasteiger partial charge in [-0.15, -0.1) is 0 Å². The molecule has 0 spiro atoms. The third-order valence-electron chi connectivity index (χ3n) is 12.2. The van der Waals surface area contributed by atoms with Crippen LogP contribution < -0.4 is 4.90 Å². The number of benzene rings is 10. The van der Waals surface area contributed by atoms with Gasteiger partial charge in [0.25, 0.3) is 0 Å². The number of nitrogens with zero attached hydrogens (tertiary/aromatic N) is 2. The van der Waals surface area contributed by atoms with Crippen LogP contribution >= 0.6 is 0 Å². The summed E-state index contributed by atoms with van der Waals surface area (Å²) in [5.74, 6) is 0. The Kier molecular flexibility index (Phi) is 8.17. The van der Waals surface area contributed by atoms with Gasteiger partial charge in [0.1, 0.15) is 11.2 Å². The van der Waals surface area contributed by atoms with Crippen LogP contribution in [0.5, 0.6) is 0 Å². The van der Waals surface area contributed by atoms with Crippen molar-refractivity contribution < 1.29 is 4.42 Å². The molecular weight excluding hydrogens is 741 g/mol. The average Bonchev–Trinajstić information content (AvgIpc) is 3.87. The standard InChI is InChI=1S/C58H38N2O/c1-2-13-41(14-3-1)48-17-6-9-22-54(48)59(46-35-29-42(30-36-46)49-20-12-21-52-51-19-8-11-24-57(51)61-58(49)52)45-31-25-39(26-32-45)40-27-33-47(34-28-40)60-55-23-10-7-18-50(55)53-37-43-15-4-5-16-44(43)38-56(53)60/h1-38H. The topological polar surface area (TPSA) is 21.3 Å². The molecule has 286 valence electrons. The summed E-state index contributed by atoms with van der Waals surface area (Å²) in [5.41, 5.74) is 15.5. The van der Waals surface area contributed by atoms with Crippen LogP contribution in [0.25, 0.3) is 93.6 Å². The highest BCUT2D eigenvalue weighted by molar-refractivity contribution is 6.14. The lowest BCUT2D eigenvalue weighted by molar-refractivity contribution is 0.670. The summed E-state index contributed by atoms with van der Waals surface area (Å²) in [7, 11) is 0. The number of hydrogen-bond acceptors (Lipinski definition) is 2. The first-order chi connectivity index (χ1) is 30.2. The van der Waals surface area contributed by atoms with Crippen molar-refractivity contribution >= 4 is 71.6 Å². The van der Waals surface area contributed by atoms with E-state index < -0.39 is 0 Å². The normalized spacial score (nSPS) is 11.6. The Hall–Kier alpha value is -8.14. The Bertz CT molecular complexity index is 3560. The van der Waals surface area contributed by atoms with Crippen molar-refractivity contribution in [2.24, 2.45) is 0 Å². The zero-order valence-corrected chi connectivity index (χ0v) is 33.2. The van der Waals surface area contributed by atoms with E-state index in [0.29, 0.717) is 0 Å². The highest BCUT2D eigenvalue weighted by Gasteiger charge is 2.19. The van der Waals surface area contributed by atoms with Gasteiger partial charge < -0.3 is 13.9 Å². The van der Waals surface area contributed by atoms with Crippen molar-refractivity contribution in [2.75, 3.05) is 4.90 Å². The number of anilines is 3. The molecule has 0 unspecified atom stereocenters. The van der Waals surface area contributed by atoms with E-state index in [4.69, 9.17) is 4.42 Å². The summed E-state index contributed by atoms with van der Waals surface area (Å²) in [5, 5.41) is 7.30. The molecule has 0 aliphatic heterocycles. The van der Waals surface area contributed by atoms with Crippen molar-refractivity contribution in [3.05, 3.63) is 231 Å². The predicted octanol–water partition coefficient (Wildman–Crippen LogP) is 16.3. The van der Waals surface area contributed by atoms with Crippen molar-refractivity contribution in [3.8, 4) is 39.1 Å². The van der Waals surface area contributed by atoms with E-state index >= 15 is 0 Å². The zero-order valence-electron chi connectivity index (χ0n) is 33.2. The Morgan fingerprint density at radius 1 is 0.344 bits per heavy atom. The molecular formula is C58H38N2O. The van der Waals surface area contributed by atoms with Gasteiger partial charge in [0.05, 0.1) is 16.7 Å². The molecule has 3 nitrogen and oxygen atoms in total. The highest BCUT2D eigenvalue weighted by atomic mass is 16.3. The lowest BCUT2D eigenvalue weighted by atomic mass is 9.99. The lowest BCUT2D eigenvalue weighted by Crippen LogP contribution is -2.11. The maximum absolute atomic E-state index is 6.43. The fourth-order valence-corrected chi connectivity index (χ4v) is 9.26. The first-order valence-electron chi connectivity index (χ1n) is 20.8. The van der Waals surface area contributed by atoms with Crippen molar-refractivity contribution in [3.63, 3.8) is 0 Å². The number of furan rings is 1. The van der Waals surface area contributed by atoms with Crippen LogP contribution in [0.1, 0.15) is 0 Å². The molecule has 2 aromatic heterocycles. The first kappa shape index (κ1) is 34.9. The van der Waals surface area contributed by atoms with Crippen molar-refractivity contribution in [1.29, 1.82) is 0 Å². The SMILES string of the molecule is c1ccc(-c2ccccc2N(c2ccc(-c3ccc(-n4c5ccccc5c5cc6ccccc6cc54)cc3)cc2)c2ccc(-c3cccc4c3oc3ccccc34)cc2)cc1. The summed E-state index contributed by atoms with van der Waals surface area (Å²) < 4.78 is 8.83. The van der Waals surface area contributed by atoms with E-state index in [9.17, 15) is 0 Å². The molecule has 0 amide bonds. The number of hydrogen-bond donors (Lipinski definition) is 0. The van der Waals surface area contributed by atoms with Crippen molar-refractivity contribution in [1.82, 2.24) is 4.57 Å². The molecule has 0 aliphatic rings. The first-order valence-corrected chi connectivity index (χ1v) is 20.8. The molecule has 2 heterocycles. The molecule has 0 fully saturated rings. The molecule has 12 aromatic rings. The Labute approximate surface area is 353 Å². The summed E-state index contributed by atoms with van der Waals surface area (Å²) >= 11 is 0. The molecule has 0 radical (unpaired) electrons. The number of para-hydroxylation sites is 4. The van der Waals surface area contributed by atoms with Crippen LogP contribution in [0.15, 0.2) is 235 Å². The summed E-state index contributed by atoms with van der Waals surface area (Å²) in [4.78, 5) is 2.37. The quantitative estimate of drug-likeness (QED) is 0.161. The van der Waals surface area contributed by atoms with E-state index in [1.165, 1.54) is 43.7 Å². The lowest BCUT2D eigenvalue weighted by Gasteiger charge is -2.28. The largest absolute Gasteiger partial charge is 0.455 e. The Morgan fingerprint density at radius 2 is 0.902 bits per heavy atom. The molecule has 0 aliphatic carbocycles. The average molecular weight is 779 g/mol. The van der Waals surface area contributed by atoms with E-state index in [2.05, 4.69) is 228 Å². The molecule has 0 saturated carbocycles. The maximum Gasteiger partial charge on any atom is 0.143 e. The van der Waals surface area contributed by atoms with Crippen LogP contribution in [0, 0.1) is 0 Å². The van der Waals surface area contributed by atoms with Gasteiger partial charge in [0.15, 0.2) is 0 Å². The third kappa shape index (κ3) is 5.90. The van der Waals surface area contributed by atoms with E-state index in [1.54, 1.807) is 0 Å². The van der Waals surface area contributed by atoms with Gasteiger partial charge in [-0.1, -0.05) is 164 Å². The molecule has 0 bridgehead atoms. The molecule has 0 N–H and O–H groups in total. The van der Waals surface area contributed by atoms with Crippen LogP contribution in [-0.2, 0) is 0 Å². The second-order valence-electron chi connectivity index (χ2n) is 15.7. The molecule has 3 heteroatoms. The summed E-state index contributed by atoms with van der Waals surface area (Å²) in [6, 6.07) is 82.8. The van der Waals surface area contributed by atoms with Gasteiger partial charge in [-0.25, -0.2) is 0 Å². The number of rotatable bonds is 7. The monoisotopic (exact) mass is 778 g/mol. The maximum atomic E-state index is 6.43. The van der Waals surface area contributed by atoms with Crippen molar-refractivity contribution in [2.45, 2.75) is 0 Å². The smallest absolute Gasteiger partial charge is 0.143 e. The molecule has 10 aromatic carbocycles. The highest BCUT2D eigenvalue weighted by Crippen LogP contribution is 2.43. The minimum absolute atomic E-state index is 0.904. The van der Waals surface area contributed by atoms with Gasteiger partial charge in [-0.3, -0.25) is 0 Å². The minimum Gasteiger partial charge on any atom is -0.455 e. The van der Waals surface area contributed by atoms with Crippen LogP contribution in [0.2, 0.25) is 0 Å². The third-order valence-corrected chi connectivity index (χ3v) is 12.2. The van der Waals surface area contributed by atoms with E-state index in [1.807, 2.05) is 12.1 Å². The van der Waals surface area contributed by atoms with E-state index in [0.717, 1.165) is 66.9 Å². The predicted molar refractivity (Wildman–Crippen MR) is 257 cm³/mol. The van der Waals surface area contributed by atoms with Gasteiger partial charge in [-0.2, -0.15) is 0 Å². The fraction of sp³-hybridized carbons (Fsp3) is 0. The molecule has 0 atom stereocenters. The van der Waals surface area contributed by atoms with Gasteiger partial charge in [0, 0.05) is 49.7 Å². The Morgan fingerprint density at radius 3 is 1.67 bits per heavy atom. The van der Waals surface area contributed by atoms with E-state index in [-0.39, 0.29) is 0 Å². The van der Waals surface area contributed by atoms with Gasteiger partial charge in [-0.05, 0) is 99.8 Å². The summed E-state index contributed by atoms with van der Waals surface area (Å²) in [6.45, 7) is 0. The fourth-order valence-electron chi connectivity index (χ4n) is 9.26. The minimum atomic E-state index is 0.904. The number of aromatic nitrogens is 1. The Balaban J connectivity index is 0.924. The molecule has 12 rings (SSSR count). The van der Waals surface area contributed by atoms with Crippen LogP contribution in [0.3, 0.4) is 0 Å². The van der Waals surface area contributed by atoms with Crippen LogP contribution in [0.4, 0.5) is 17.1 Å². The molecule has 61 heavy (non-hydrogen) atoms. The second kappa shape index (κ2) is 14.3. The number of fused-ring (bicyclic) bond motifs is 7. The second-order valence-corrected chi connectivity index (χ2v) is 15.7. The van der Waals surface area contributed by atoms with Gasteiger partial charge in [0.2, 0.25) is 0 Å².